The van der Waals surface area contributed by atoms with Gasteiger partial charge in [-0.3, -0.25) is 4.79 Å². The first-order chi connectivity index (χ1) is 8.29. The predicted molar refractivity (Wildman–Crippen MR) is 69.8 cm³/mol. The third kappa shape index (κ3) is 4.75. The van der Waals surface area contributed by atoms with Crippen LogP contribution >= 0.6 is 15.9 Å². The first kappa shape index (κ1) is 14.0. The number of hydrogen-bond donors (Lipinski definition) is 2. The second-order valence-corrected chi connectivity index (χ2v) is 4.16. The fourth-order valence-corrected chi connectivity index (χ4v) is 1.47. The molecule has 5 heteroatoms. The quantitative estimate of drug-likeness (QED) is 0.594. The van der Waals surface area contributed by atoms with Gasteiger partial charge in [-0.05, 0) is 18.6 Å². The van der Waals surface area contributed by atoms with Crippen LogP contribution in [0.1, 0.15) is 16.8 Å². The lowest BCUT2D eigenvalue weighted by molar-refractivity contribution is 0.0947. The molecule has 0 fully saturated rings. The van der Waals surface area contributed by atoms with Crippen molar-refractivity contribution >= 4 is 21.8 Å². The van der Waals surface area contributed by atoms with Crippen LogP contribution in [0.15, 0.2) is 24.3 Å². The minimum absolute atomic E-state index is 0.0714. The molecular formula is C12H16BrNO3. The van der Waals surface area contributed by atoms with Crippen molar-refractivity contribution in [3.05, 3.63) is 29.8 Å². The van der Waals surface area contributed by atoms with E-state index in [-0.39, 0.29) is 12.5 Å². The van der Waals surface area contributed by atoms with E-state index in [0.717, 1.165) is 0 Å². The van der Waals surface area contributed by atoms with Crippen molar-refractivity contribution in [2.75, 3.05) is 25.1 Å². The van der Waals surface area contributed by atoms with Crippen LogP contribution in [0.4, 0.5) is 0 Å². The first-order valence-corrected chi connectivity index (χ1v) is 6.58. The Balaban J connectivity index is 2.64. The highest BCUT2D eigenvalue weighted by molar-refractivity contribution is 9.09. The van der Waals surface area contributed by atoms with Gasteiger partial charge in [-0.1, -0.05) is 28.1 Å². The summed E-state index contributed by atoms with van der Waals surface area (Å²) < 4.78 is 5.46. The van der Waals surface area contributed by atoms with E-state index in [1.807, 2.05) is 6.07 Å². The van der Waals surface area contributed by atoms with Gasteiger partial charge in [0.05, 0.1) is 12.2 Å². The van der Waals surface area contributed by atoms with Gasteiger partial charge in [-0.25, -0.2) is 0 Å². The molecule has 1 amide bonds. The summed E-state index contributed by atoms with van der Waals surface area (Å²) in [6.07, 6.45) is 0.552. The topological polar surface area (TPSA) is 58.6 Å². The molecule has 0 aliphatic carbocycles. The minimum Gasteiger partial charge on any atom is -0.492 e. The van der Waals surface area contributed by atoms with Gasteiger partial charge in [0.2, 0.25) is 0 Å². The number of rotatable bonds is 7. The molecule has 0 radical (unpaired) electrons. The molecule has 0 aliphatic heterocycles. The Kier molecular flexibility index (Phi) is 6.65. The number of nitrogens with one attached hydrogen (secondary N) is 1. The number of ether oxygens (including phenoxy) is 1. The molecule has 17 heavy (non-hydrogen) atoms. The van der Waals surface area contributed by atoms with E-state index >= 15 is 0 Å². The zero-order valence-corrected chi connectivity index (χ0v) is 11.1. The van der Waals surface area contributed by atoms with Gasteiger partial charge in [-0.15, -0.1) is 0 Å². The van der Waals surface area contributed by atoms with E-state index in [4.69, 9.17) is 9.84 Å². The van der Waals surface area contributed by atoms with E-state index in [1.165, 1.54) is 0 Å². The number of alkyl halides is 1. The third-order valence-corrected chi connectivity index (χ3v) is 2.41. The van der Waals surface area contributed by atoms with Crippen molar-refractivity contribution in [2.24, 2.45) is 0 Å². The number of benzene rings is 1. The van der Waals surface area contributed by atoms with Gasteiger partial charge in [-0.2, -0.15) is 0 Å². The molecule has 0 bridgehead atoms. The van der Waals surface area contributed by atoms with Crippen molar-refractivity contribution < 1.29 is 14.6 Å². The van der Waals surface area contributed by atoms with Crippen LogP contribution in [0, 0.1) is 0 Å². The summed E-state index contributed by atoms with van der Waals surface area (Å²) in [4.78, 5) is 11.8. The second-order valence-electron chi connectivity index (χ2n) is 3.37. The Morgan fingerprint density at radius 2 is 2.18 bits per heavy atom. The lowest BCUT2D eigenvalue weighted by Crippen LogP contribution is -2.25. The number of hydrogen-bond acceptors (Lipinski definition) is 3. The molecule has 2 N–H and O–H groups in total. The summed E-state index contributed by atoms with van der Waals surface area (Å²) in [5.41, 5.74) is 0.520. The van der Waals surface area contributed by atoms with Gasteiger partial charge in [0, 0.05) is 18.5 Å². The smallest absolute Gasteiger partial charge is 0.255 e. The molecule has 0 spiro atoms. The summed E-state index contributed by atoms with van der Waals surface area (Å²) >= 11 is 3.27. The average Bonchev–Trinajstić information content (AvgIpc) is 2.37. The van der Waals surface area contributed by atoms with E-state index in [0.29, 0.717) is 36.2 Å². The number of para-hydroxylation sites is 1. The zero-order valence-electron chi connectivity index (χ0n) is 9.49. The lowest BCUT2D eigenvalue weighted by Gasteiger charge is -2.10. The summed E-state index contributed by atoms with van der Waals surface area (Å²) in [6.45, 7) is 1.05. The number of aliphatic hydroxyl groups is 1. The average molecular weight is 302 g/mol. The Hall–Kier alpha value is -1.07. The molecule has 0 saturated heterocycles. The third-order valence-electron chi connectivity index (χ3n) is 2.09. The SMILES string of the molecule is O=C(NCCCO)c1ccccc1OCCBr. The van der Waals surface area contributed by atoms with Gasteiger partial charge < -0.3 is 15.2 Å². The van der Waals surface area contributed by atoms with E-state index < -0.39 is 0 Å². The Morgan fingerprint density at radius 1 is 1.41 bits per heavy atom. The Labute approximate surface area is 109 Å². The van der Waals surface area contributed by atoms with Crippen LogP contribution < -0.4 is 10.1 Å². The van der Waals surface area contributed by atoms with Crippen LogP contribution in [-0.2, 0) is 0 Å². The number of carbonyl (C=O) groups excluding carboxylic acids is 1. The van der Waals surface area contributed by atoms with Crippen LogP contribution in [0.25, 0.3) is 0 Å². The maximum absolute atomic E-state index is 11.8. The molecule has 0 aromatic heterocycles. The van der Waals surface area contributed by atoms with Crippen LogP contribution in [0.2, 0.25) is 0 Å². The van der Waals surface area contributed by atoms with E-state index in [1.54, 1.807) is 18.2 Å². The van der Waals surface area contributed by atoms with Crippen LogP contribution in [0.3, 0.4) is 0 Å². The van der Waals surface area contributed by atoms with Crippen molar-refractivity contribution in [1.82, 2.24) is 5.32 Å². The molecule has 0 aliphatic rings. The van der Waals surface area contributed by atoms with Gasteiger partial charge in [0.25, 0.3) is 5.91 Å². The number of carbonyl (C=O) groups is 1. The van der Waals surface area contributed by atoms with Gasteiger partial charge in [0.15, 0.2) is 0 Å². The highest BCUT2D eigenvalue weighted by atomic mass is 79.9. The van der Waals surface area contributed by atoms with E-state index in [2.05, 4.69) is 21.2 Å². The summed E-state index contributed by atoms with van der Waals surface area (Å²) in [5, 5.41) is 12.1. The lowest BCUT2D eigenvalue weighted by atomic mass is 10.2. The zero-order chi connectivity index (χ0) is 12.5. The second kappa shape index (κ2) is 8.08. The maximum atomic E-state index is 11.8. The van der Waals surface area contributed by atoms with Crippen LogP contribution in [-0.4, -0.2) is 36.1 Å². The van der Waals surface area contributed by atoms with Crippen LogP contribution in [0.5, 0.6) is 5.75 Å². The first-order valence-electron chi connectivity index (χ1n) is 5.46. The molecule has 1 aromatic carbocycles. The maximum Gasteiger partial charge on any atom is 0.255 e. The summed E-state index contributed by atoms with van der Waals surface area (Å²) in [6, 6.07) is 7.11. The number of amides is 1. The summed E-state index contributed by atoms with van der Waals surface area (Å²) in [5.74, 6) is 0.400. The molecule has 4 nitrogen and oxygen atoms in total. The fraction of sp³-hybridized carbons (Fsp3) is 0.417. The Bertz CT molecular complexity index is 357. The molecule has 0 unspecified atom stereocenters. The minimum atomic E-state index is -0.177. The molecule has 94 valence electrons. The monoisotopic (exact) mass is 301 g/mol. The Morgan fingerprint density at radius 3 is 2.88 bits per heavy atom. The number of halogens is 1. The van der Waals surface area contributed by atoms with Gasteiger partial charge >= 0.3 is 0 Å². The van der Waals surface area contributed by atoms with Crippen molar-refractivity contribution in [1.29, 1.82) is 0 Å². The van der Waals surface area contributed by atoms with Crippen molar-refractivity contribution in [3.63, 3.8) is 0 Å². The largest absolute Gasteiger partial charge is 0.492 e. The highest BCUT2D eigenvalue weighted by Gasteiger charge is 2.10. The standard InChI is InChI=1S/C12H16BrNO3/c13-6-9-17-11-5-2-1-4-10(11)12(16)14-7-3-8-15/h1-2,4-5,15H,3,6-9H2,(H,14,16). The molecule has 0 atom stereocenters. The number of aliphatic hydroxyl groups excluding tert-OH is 1. The van der Waals surface area contributed by atoms with E-state index in [9.17, 15) is 4.79 Å². The molecule has 0 saturated carbocycles. The normalized spacial score (nSPS) is 10.0. The fourth-order valence-electron chi connectivity index (χ4n) is 1.30. The molecule has 1 rings (SSSR count). The van der Waals surface area contributed by atoms with Crippen molar-refractivity contribution in [3.8, 4) is 5.75 Å². The highest BCUT2D eigenvalue weighted by Crippen LogP contribution is 2.17. The van der Waals surface area contributed by atoms with Gasteiger partial charge in [0.1, 0.15) is 5.75 Å². The molecule has 1 aromatic rings. The van der Waals surface area contributed by atoms with Crippen molar-refractivity contribution in [2.45, 2.75) is 6.42 Å². The predicted octanol–water partition coefficient (Wildman–Crippen LogP) is 1.57. The summed E-state index contributed by atoms with van der Waals surface area (Å²) in [7, 11) is 0. The molecule has 0 heterocycles. The molecular weight excluding hydrogens is 286 g/mol.